The Kier molecular flexibility index (Phi) is 7.49. The van der Waals surface area contributed by atoms with Crippen LogP contribution in [-0.2, 0) is 0 Å². The van der Waals surface area contributed by atoms with Crippen molar-refractivity contribution < 1.29 is 9.47 Å². The molecule has 0 atom stereocenters. The van der Waals surface area contributed by atoms with Gasteiger partial charge < -0.3 is 14.8 Å². The van der Waals surface area contributed by atoms with Crippen molar-refractivity contribution in [1.29, 1.82) is 0 Å². The summed E-state index contributed by atoms with van der Waals surface area (Å²) in [7, 11) is 0. The Labute approximate surface area is 114 Å². The average molecular weight is 269 g/mol. The average Bonchev–Trinajstić information content (AvgIpc) is 2.38. The van der Waals surface area contributed by atoms with E-state index in [1.165, 1.54) is 0 Å². The normalized spacial score (nSPS) is 10.2. The molecule has 0 saturated heterocycles. The Balaban J connectivity index is 2.61. The van der Waals surface area contributed by atoms with Gasteiger partial charge in [-0.1, -0.05) is 6.92 Å². The Morgan fingerprint density at radius 1 is 1.06 bits per heavy atom. The van der Waals surface area contributed by atoms with Crippen LogP contribution in [0, 0.1) is 0 Å². The molecule has 0 unspecified atom stereocenters. The molecule has 18 heavy (non-hydrogen) atoms. The second-order valence-corrected chi connectivity index (χ2v) is 5.05. The maximum absolute atomic E-state index is 5.59. The van der Waals surface area contributed by atoms with Crippen LogP contribution in [0.2, 0.25) is 0 Å². The molecule has 0 fully saturated rings. The summed E-state index contributed by atoms with van der Waals surface area (Å²) in [6, 6.07) is 6.00. The third kappa shape index (κ3) is 5.08. The molecule has 0 aliphatic carbocycles. The van der Waals surface area contributed by atoms with Crippen molar-refractivity contribution in [2.24, 2.45) is 0 Å². The smallest absolute Gasteiger partial charge is 0.163 e. The fourth-order valence-electron chi connectivity index (χ4n) is 1.57. The molecule has 0 aliphatic rings. The van der Waals surface area contributed by atoms with Crippen LogP contribution in [-0.4, -0.2) is 31.3 Å². The number of hydrogen-bond acceptors (Lipinski definition) is 4. The van der Waals surface area contributed by atoms with Gasteiger partial charge in [-0.15, -0.1) is 0 Å². The van der Waals surface area contributed by atoms with Gasteiger partial charge in [0.2, 0.25) is 0 Å². The molecule has 0 spiro atoms. The molecular weight excluding hydrogens is 246 g/mol. The Morgan fingerprint density at radius 2 is 1.78 bits per heavy atom. The Morgan fingerprint density at radius 3 is 2.44 bits per heavy atom. The standard InChI is InChI=1S/C14H23NO2S/c1-4-16-13-8-7-12(11-14(13)17-5-2)15-9-10-18-6-3/h7-8,11,15H,4-6,9-10H2,1-3H3. The highest BCUT2D eigenvalue weighted by Gasteiger charge is 2.05. The first-order valence-electron chi connectivity index (χ1n) is 6.53. The van der Waals surface area contributed by atoms with Gasteiger partial charge in [0.15, 0.2) is 11.5 Å². The molecule has 1 aromatic rings. The third-order valence-electron chi connectivity index (χ3n) is 2.32. The largest absolute Gasteiger partial charge is 0.490 e. The van der Waals surface area contributed by atoms with Gasteiger partial charge in [0.05, 0.1) is 13.2 Å². The molecule has 1 N–H and O–H groups in total. The summed E-state index contributed by atoms with van der Waals surface area (Å²) in [6.45, 7) is 8.40. The lowest BCUT2D eigenvalue weighted by Crippen LogP contribution is -2.05. The van der Waals surface area contributed by atoms with E-state index in [0.29, 0.717) is 13.2 Å². The van der Waals surface area contributed by atoms with E-state index in [1.54, 1.807) is 0 Å². The molecule has 0 amide bonds. The van der Waals surface area contributed by atoms with Crippen LogP contribution in [0.3, 0.4) is 0 Å². The summed E-state index contributed by atoms with van der Waals surface area (Å²) in [5.41, 5.74) is 1.08. The maximum Gasteiger partial charge on any atom is 0.163 e. The zero-order chi connectivity index (χ0) is 13.2. The van der Waals surface area contributed by atoms with Crippen LogP contribution >= 0.6 is 11.8 Å². The van der Waals surface area contributed by atoms with E-state index in [2.05, 4.69) is 12.2 Å². The first kappa shape index (κ1) is 15.0. The molecule has 4 heteroatoms. The molecule has 0 aromatic heterocycles. The third-order valence-corrected chi connectivity index (χ3v) is 3.22. The molecule has 1 aromatic carbocycles. The van der Waals surface area contributed by atoms with Crippen LogP contribution in [0.25, 0.3) is 0 Å². The van der Waals surface area contributed by atoms with E-state index in [4.69, 9.17) is 9.47 Å². The fourth-order valence-corrected chi connectivity index (χ4v) is 2.11. The number of ether oxygens (including phenoxy) is 2. The van der Waals surface area contributed by atoms with Gasteiger partial charge in [0.1, 0.15) is 0 Å². The van der Waals surface area contributed by atoms with E-state index in [9.17, 15) is 0 Å². The van der Waals surface area contributed by atoms with Crippen LogP contribution in [0.15, 0.2) is 18.2 Å². The summed E-state index contributed by atoms with van der Waals surface area (Å²) in [4.78, 5) is 0. The Bertz CT molecular complexity index is 345. The van der Waals surface area contributed by atoms with Crippen molar-refractivity contribution in [3.63, 3.8) is 0 Å². The number of anilines is 1. The van der Waals surface area contributed by atoms with Gasteiger partial charge in [-0.2, -0.15) is 11.8 Å². The fraction of sp³-hybridized carbons (Fsp3) is 0.571. The minimum atomic E-state index is 0.648. The summed E-state index contributed by atoms with van der Waals surface area (Å²) in [6.07, 6.45) is 0. The molecular formula is C14H23NO2S. The number of thioether (sulfide) groups is 1. The minimum absolute atomic E-state index is 0.648. The van der Waals surface area contributed by atoms with Crippen molar-refractivity contribution in [1.82, 2.24) is 0 Å². The summed E-state index contributed by atoms with van der Waals surface area (Å²) in [5, 5.41) is 3.39. The van der Waals surface area contributed by atoms with Gasteiger partial charge in [-0.3, -0.25) is 0 Å². The molecule has 0 bridgehead atoms. The number of hydrogen-bond donors (Lipinski definition) is 1. The molecule has 3 nitrogen and oxygen atoms in total. The van der Waals surface area contributed by atoms with E-state index < -0.39 is 0 Å². The van der Waals surface area contributed by atoms with Crippen molar-refractivity contribution in [2.75, 3.05) is 36.6 Å². The van der Waals surface area contributed by atoms with Gasteiger partial charge >= 0.3 is 0 Å². The van der Waals surface area contributed by atoms with Crippen LogP contribution in [0.1, 0.15) is 20.8 Å². The zero-order valence-corrected chi connectivity index (χ0v) is 12.3. The number of benzene rings is 1. The predicted octanol–water partition coefficient (Wildman–Crippen LogP) is 3.65. The van der Waals surface area contributed by atoms with Gasteiger partial charge in [-0.25, -0.2) is 0 Å². The molecule has 1 rings (SSSR count). The second kappa shape index (κ2) is 8.97. The van der Waals surface area contributed by atoms with E-state index in [0.717, 1.165) is 35.2 Å². The van der Waals surface area contributed by atoms with Crippen molar-refractivity contribution >= 4 is 17.4 Å². The highest BCUT2D eigenvalue weighted by atomic mass is 32.2. The van der Waals surface area contributed by atoms with Crippen molar-refractivity contribution in [3.8, 4) is 11.5 Å². The first-order valence-corrected chi connectivity index (χ1v) is 7.68. The van der Waals surface area contributed by atoms with Crippen molar-refractivity contribution in [2.45, 2.75) is 20.8 Å². The van der Waals surface area contributed by atoms with Gasteiger partial charge in [-0.05, 0) is 31.7 Å². The molecule has 102 valence electrons. The SMILES string of the molecule is CCOc1ccc(NCCSCC)cc1OCC. The highest BCUT2D eigenvalue weighted by molar-refractivity contribution is 7.99. The maximum atomic E-state index is 5.59. The van der Waals surface area contributed by atoms with Crippen LogP contribution in [0.5, 0.6) is 11.5 Å². The quantitative estimate of drug-likeness (QED) is 0.693. The highest BCUT2D eigenvalue weighted by Crippen LogP contribution is 2.30. The second-order valence-electron chi connectivity index (χ2n) is 3.65. The van der Waals surface area contributed by atoms with Gasteiger partial charge in [0.25, 0.3) is 0 Å². The van der Waals surface area contributed by atoms with Crippen LogP contribution < -0.4 is 14.8 Å². The lowest BCUT2D eigenvalue weighted by Gasteiger charge is -2.13. The minimum Gasteiger partial charge on any atom is -0.490 e. The molecule has 0 aliphatic heterocycles. The lowest BCUT2D eigenvalue weighted by atomic mass is 10.2. The van der Waals surface area contributed by atoms with E-state index in [1.807, 2.05) is 43.8 Å². The lowest BCUT2D eigenvalue weighted by molar-refractivity contribution is 0.288. The summed E-state index contributed by atoms with van der Waals surface area (Å²) >= 11 is 1.93. The number of nitrogens with one attached hydrogen (secondary N) is 1. The number of rotatable bonds is 9. The summed E-state index contributed by atoms with van der Waals surface area (Å²) in [5.74, 6) is 3.91. The molecule has 0 radical (unpaired) electrons. The van der Waals surface area contributed by atoms with E-state index in [-0.39, 0.29) is 0 Å². The first-order chi connectivity index (χ1) is 8.81. The Hall–Kier alpha value is -1.03. The topological polar surface area (TPSA) is 30.5 Å². The van der Waals surface area contributed by atoms with Gasteiger partial charge in [0, 0.05) is 24.1 Å². The zero-order valence-electron chi connectivity index (χ0n) is 11.5. The molecule has 0 saturated carbocycles. The molecule has 0 heterocycles. The van der Waals surface area contributed by atoms with E-state index >= 15 is 0 Å². The predicted molar refractivity (Wildman–Crippen MR) is 80.3 cm³/mol. The van der Waals surface area contributed by atoms with Crippen molar-refractivity contribution in [3.05, 3.63) is 18.2 Å². The van der Waals surface area contributed by atoms with Crippen LogP contribution in [0.4, 0.5) is 5.69 Å². The monoisotopic (exact) mass is 269 g/mol. The summed E-state index contributed by atoms with van der Waals surface area (Å²) < 4.78 is 11.1.